The van der Waals surface area contributed by atoms with Crippen LogP contribution in [0.5, 0.6) is 0 Å². The Morgan fingerprint density at radius 2 is 1.73 bits per heavy atom. The lowest BCUT2D eigenvalue weighted by molar-refractivity contribution is 0.0279. The van der Waals surface area contributed by atoms with Gasteiger partial charge in [0.05, 0.1) is 11.5 Å². The molecular formula is C15H23NO5S. The number of benzene rings is 1. The monoisotopic (exact) mass is 329 g/mol. The summed E-state index contributed by atoms with van der Waals surface area (Å²) in [5.74, 6) is 0. The maximum Gasteiger partial charge on any atom is 0.410 e. The van der Waals surface area contributed by atoms with Gasteiger partial charge in [-0.25, -0.2) is 4.79 Å². The van der Waals surface area contributed by atoms with Gasteiger partial charge < -0.3 is 9.64 Å². The molecule has 124 valence electrons. The first kappa shape index (κ1) is 18.4. The molecule has 22 heavy (non-hydrogen) atoms. The average Bonchev–Trinajstić information content (AvgIpc) is 2.36. The molecule has 1 rings (SSSR count). The van der Waals surface area contributed by atoms with Crippen LogP contribution in [0.15, 0.2) is 29.2 Å². The van der Waals surface area contributed by atoms with Crippen molar-refractivity contribution in [3.05, 3.63) is 29.8 Å². The number of aryl methyl sites for hydroxylation is 1. The van der Waals surface area contributed by atoms with E-state index < -0.39 is 21.8 Å². The first-order valence-corrected chi connectivity index (χ1v) is 8.32. The quantitative estimate of drug-likeness (QED) is 0.776. The van der Waals surface area contributed by atoms with E-state index in [1.165, 1.54) is 24.1 Å². The van der Waals surface area contributed by atoms with Crippen molar-refractivity contribution >= 4 is 16.2 Å². The summed E-state index contributed by atoms with van der Waals surface area (Å²) in [5.41, 5.74) is 0.365. The van der Waals surface area contributed by atoms with Crippen molar-refractivity contribution in [2.75, 3.05) is 20.2 Å². The molecule has 6 nitrogen and oxygen atoms in total. The number of carbonyl (C=O) groups excluding carboxylic acids is 1. The van der Waals surface area contributed by atoms with Crippen LogP contribution in [0.2, 0.25) is 0 Å². The van der Waals surface area contributed by atoms with Crippen molar-refractivity contribution in [3.8, 4) is 0 Å². The maximum atomic E-state index is 12.0. The van der Waals surface area contributed by atoms with Crippen LogP contribution in [0.3, 0.4) is 0 Å². The van der Waals surface area contributed by atoms with Gasteiger partial charge in [-0.05, 0) is 39.8 Å². The molecule has 0 aromatic heterocycles. The molecule has 0 heterocycles. The highest BCUT2D eigenvalue weighted by Gasteiger charge is 2.20. The van der Waals surface area contributed by atoms with Gasteiger partial charge in [0.2, 0.25) is 0 Å². The van der Waals surface area contributed by atoms with Crippen LogP contribution in [-0.2, 0) is 19.0 Å². The third-order valence-electron chi connectivity index (χ3n) is 2.68. The van der Waals surface area contributed by atoms with Gasteiger partial charge in [0.15, 0.2) is 0 Å². The van der Waals surface area contributed by atoms with Gasteiger partial charge in [-0.1, -0.05) is 17.7 Å². The van der Waals surface area contributed by atoms with Crippen LogP contribution < -0.4 is 0 Å². The van der Waals surface area contributed by atoms with Gasteiger partial charge in [0.1, 0.15) is 5.60 Å². The molecule has 0 fully saturated rings. The Hall–Kier alpha value is -1.60. The molecular weight excluding hydrogens is 306 g/mol. The Bertz CT molecular complexity index is 602. The number of rotatable bonds is 5. The lowest BCUT2D eigenvalue weighted by atomic mass is 10.2. The molecule has 1 aromatic carbocycles. The first-order valence-electron chi connectivity index (χ1n) is 6.91. The zero-order valence-electron chi connectivity index (χ0n) is 13.6. The maximum absolute atomic E-state index is 12.0. The van der Waals surface area contributed by atoms with Gasteiger partial charge in [-0.2, -0.15) is 8.42 Å². The number of likely N-dealkylation sites (N-methyl/N-ethyl adjacent to an activating group) is 1. The van der Waals surface area contributed by atoms with E-state index in [2.05, 4.69) is 0 Å². The van der Waals surface area contributed by atoms with Crippen LogP contribution in [0.4, 0.5) is 4.79 Å². The highest BCUT2D eigenvalue weighted by molar-refractivity contribution is 7.86. The van der Waals surface area contributed by atoms with E-state index in [1.807, 2.05) is 6.92 Å². The van der Waals surface area contributed by atoms with Crippen LogP contribution in [0.1, 0.15) is 26.3 Å². The standard InChI is InChI=1S/C15H23NO5S/c1-12-6-8-13(9-7-12)22(18,19)20-11-10-16(5)14(17)21-15(2,3)4/h6-9H,10-11H2,1-5H3. The van der Waals surface area contributed by atoms with Gasteiger partial charge in [0, 0.05) is 13.6 Å². The lowest BCUT2D eigenvalue weighted by Crippen LogP contribution is -2.36. The first-order chi connectivity index (χ1) is 10.0. The average molecular weight is 329 g/mol. The second-order valence-corrected chi connectivity index (χ2v) is 7.61. The molecule has 0 saturated heterocycles. The molecule has 0 unspecified atom stereocenters. The molecule has 0 N–H and O–H groups in total. The third kappa shape index (κ3) is 6.03. The molecule has 0 spiro atoms. The Balaban J connectivity index is 2.52. The van der Waals surface area contributed by atoms with E-state index in [0.29, 0.717) is 0 Å². The minimum absolute atomic E-state index is 0.0954. The van der Waals surface area contributed by atoms with Crippen LogP contribution in [-0.4, -0.2) is 45.2 Å². The molecule has 0 atom stereocenters. The van der Waals surface area contributed by atoms with E-state index in [-0.39, 0.29) is 18.0 Å². The Kier molecular flexibility index (Phi) is 5.96. The molecule has 0 bridgehead atoms. The fraction of sp³-hybridized carbons (Fsp3) is 0.533. The summed E-state index contributed by atoms with van der Waals surface area (Å²) in [6, 6.07) is 6.37. The number of nitrogens with zero attached hydrogens (tertiary/aromatic N) is 1. The summed E-state index contributed by atoms with van der Waals surface area (Å²) >= 11 is 0. The van der Waals surface area contributed by atoms with Gasteiger partial charge in [0.25, 0.3) is 10.1 Å². The minimum Gasteiger partial charge on any atom is -0.444 e. The smallest absolute Gasteiger partial charge is 0.410 e. The van der Waals surface area contributed by atoms with Gasteiger partial charge in [-0.3, -0.25) is 4.18 Å². The largest absolute Gasteiger partial charge is 0.444 e. The van der Waals surface area contributed by atoms with E-state index in [9.17, 15) is 13.2 Å². The van der Waals surface area contributed by atoms with Crippen molar-refractivity contribution in [1.82, 2.24) is 4.90 Å². The van der Waals surface area contributed by atoms with Crippen LogP contribution in [0, 0.1) is 6.92 Å². The molecule has 0 aliphatic carbocycles. The van der Waals surface area contributed by atoms with Gasteiger partial charge >= 0.3 is 6.09 Å². The summed E-state index contributed by atoms with van der Waals surface area (Å²) in [4.78, 5) is 13.1. The summed E-state index contributed by atoms with van der Waals surface area (Å²) in [6.07, 6.45) is -0.524. The Labute approximate surface area is 132 Å². The molecule has 0 saturated carbocycles. The second-order valence-electron chi connectivity index (χ2n) is 5.99. The number of ether oxygens (including phenoxy) is 1. The topological polar surface area (TPSA) is 72.9 Å². The SMILES string of the molecule is Cc1ccc(S(=O)(=O)OCCN(C)C(=O)OC(C)(C)C)cc1. The zero-order chi connectivity index (χ0) is 17.0. The second kappa shape index (κ2) is 7.11. The Morgan fingerprint density at radius 3 is 2.23 bits per heavy atom. The van der Waals surface area contributed by atoms with Crippen molar-refractivity contribution in [2.24, 2.45) is 0 Å². The molecule has 1 aromatic rings. The summed E-state index contributed by atoms with van der Waals surface area (Å²) in [7, 11) is -2.29. The van der Waals surface area contributed by atoms with E-state index in [0.717, 1.165) is 5.56 Å². The fourth-order valence-corrected chi connectivity index (χ4v) is 2.39. The minimum atomic E-state index is -3.81. The molecule has 1 amide bonds. The third-order valence-corrected chi connectivity index (χ3v) is 4.01. The predicted octanol–water partition coefficient (Wildman–Crippen LogP) is 2.57. The van der Waals surface area contributed by atoms with E-state index >= 15 is 0 Å². The molecule has 0 aliphatic rings. The summed E-state index contributed by atoms with van der Waals surface area (Å²) in [6.45, 7) is 7.13. The van der Waals surface area contributed by atoms with Gasteiger partial charge in [-0.15, -0.1) is 0 Å². The number of hydrogen-bond donors (Lipinski definition) is 0. The number of amides is 1. The lowest BCUT2D eigenvalue weighted by Gasteiger charge is -2.24. The molecule has 0 aliphatic heterocycles. The normalized spacial score (nSPS) is 12.0. The summed E-state index contributed by atoms with van der Waals surface area (Å²) in [5, 5.41) is 0. The fourth-order valence-electron chi connectivity index (χ4n) is 1.49. The highest BCUT2D eigenvalue weighted by Crippen LogP contribution is 2.13. The van der Waals surface area contributed by atoms with Crippen LogP contribution >= 0.6 is 0 Å². The summed E-state index contributed by atoms with van der Waals surface area (Å²) < 4.78 is 34.0. The van der Waals surface area contributed by atoms with Crippen molar-refractivity contribution < 1.29 is 22.1 Å². The molecule has 0 radical (unpaired) electrons. The van der Waals surface area contributed by atoms with Crippen molar-refractivity contribution in [2.45, 2.75) is 38.2 Å². The zero-order valence-corrected chi connectivity index (χ0v) is 14.4. The van der Waals surface area contributed by atoms with E-state index in [1.54, 1.807) is 32.9 Å². The highest BCUT2D eigenvalue weighted by atomic mass is 32.2. The van der Waals surface area contributed by atoms with Crippen LogP contribution in [0.25, 0.3) is 0 Å². The number of hydrogen-bond acceptors (Lipinski definition) is 5. The number of carbonyl (C=O) groups is 1. The van der Waals surface area contributed by atoms with E-state index in [4.69, 9.17) is 8.92 Å². The Morgan fingerprint density at radius 1 is 1.18 bits per heavy atom. The van der Waals surface area contributed by atoms with Crippen molar-refractivity contribution in [3.63, 3.8) is 0 Å². The van der Waals surface area contributed by atoms with Crippen molar-refractivity contribution in [1.29, 1.82) is 0 Å². The molecule has 7 heteroatoms. The predicted molar refractivity (Wildman–Crippen MR) is 83.2 cm³/mol.